The molecule has 3 atom stereocenters. The van der Waals surface area contributed by atoms with Crippen LogP contribution in [0.3, 0.4) is 0 Å². The molecular weight excluding hydrogens is 216 g/mol. The molecule has 1 aliphatic heterocycles. The third-order valence-corrected chi connectivity index (χ3v) is 5.51. The molecular formula is C10H17BrO. The third kappa shape index (κ3) is 0.941. The van der Waals surface area contributed by atoms with Gasteiger partial charge in [-0.2, -0.15) is 0 Å². The van der Waals surface area contributed by atoms with Crippen LogP contribution in [0.2, 0.25) is 0 Å². The second kappa shape index (κ2) is 2.71. The van der Waals surface area contributed by atoms with Crippen molar-refractivity contribution in [1.29, 1.82) is 0 Å². The largest absolute Gasteiger partial charge is 0.381 e. The molecule has 12 heavy (non-hydrogen) atoms. The number of ether oxygens (including phenoxy) is 1. The van der Waals surface area contributed by atoms with Crippen molar-refractivity contribution >= 4 is 15.9 Å². The van der Waals surface area contributed by atoms with E-state index in [1.165, 1.54) is 12.8 Å². The molecule has 2 bridgehead atoms. The molecule has 1 saturated carbocycles. The van der Waals surface area contributed by atoms with Crippen LogP contribution in [0.4, 0.5) is 0 Å². The fraction of sp³-hybridized carbons (Fsp3) is 1.00. The summed E-state index contributed by atoms with van der Waals surface area (Å²) in [7, 11) is 0. The molecule has 0 aromatic rings. The van der Waals surface area contributed by atoms with Gasteiger partial charge in [0.25, 0.3) is 0 Å². The van der Waals surface area contributed by atoms with Crippen LogP contribution in [-0.4, -0.2) is 18.5 Å². The number of rotatable bonds is 1. The first-order valence-corrected chi connectivity index (χ1v) is 5.88. The fourth-order valence-corrected chi connectivity index (χ4v) is 3.93. The summed E-state index contributed by atoms with van der Waals surface area (Å²) in [5.74, 6) is 0.788. The zero-order valence-electron chi connectivity index (χ0n) is 7.90. The number of halogens is 1. The lowest BCUT2D eigenvalue weighted by molar-refractivity contribution is -0.0840. The lowest BCUT2D eigenvalue weighted by Gasteiger charge is -2.47. The molecule has 1 aliphatic carbocycles. The van der Waals surface area contributed by atoms with Crippen LogP contribution in [0, 0.1) is 16.7 Å². The Morgan fingerprint density at radius 1 is 1.50 bits per heavy atom. The Morgan fingerprint density at radius 2 is 2.25 bits per heavy atom. The van der Waals surface area contributed by atoms with Crippen molar-refractivity contribution in [3.05, 3.63) is 0 Å². The van der Waals surface area contributed by atoms with E-state index >= 15 is 0 Å². The van der Waals surface area contributed by atoms with E-state index in [0.717, 1.165) is 24.5 Å². The minimum absolute atomic E-state index is 0.430. The highest BCUT2D eigenvalue weighted by atomic mass is 79.9. The lowest BCUT2D eigenvalue weighted by atomic mass is 9.65. The molecule has 1 saturated heterocycles. The summed E-state index contributed by atoms with van der Waals surface area (Å²) in [6.07, 6.45) is 2.71. The van der Waals surface area contributed by atoms with Crippen molar-refractivity contribution in [2.24, 2.45) is 16.7 Å². The molecule has 0 amide bonds. The Morgan fingerprint density at radius 3 is 2.75 bits per heavy atom. The normalized spacial score (nSPS) is 52.8. The first-order chi connectivity index (χ1) is 5.62. The highest BCUT2D eigenvalue weighted by molar-refractivity contribution is 9.09. The standard InChI is InChI=1S/C10H17BrO/c1-9-4-3-8(5-12-7-9)10(9,2)6-11/h8H,3-7H2,1-2H3. The summed E-state index contributed by atoms with van der Waals surface area (Å²) in [4.78, 5) is 0. The van der Waals surface area contributed by atoms with Gasteiger partial charge in [0.15, 0.2) is 0 Å². The predicted molar refractivity (Wildman–Crippen MR) is 53.6 cm³/mol. The van der Waals surface area contributed by atoms with Crippen LogP contribution in [0.15, 0.2) is 0 Å². The van der Waals surface area contributed by atoms with Gasteiger partial charge in [-0.05, 0) is 29.6 Å². The van der Waals surface area contributed by atoms with Gasteiger partial charge >= 0.3 is 0 Å². The summed E-state index contributed by atoms with van der Waals surface area (Å²) in [6.45, 7) is 6.75. The fourth-order valence-electron chi connectivity index (χ4n) is 2.79. The number of alkyl halides is 1. The topological polar surface area (TPSA) is 9.23 Å². The minimum Gasteiger partial charge on any atom is -0.381 e. The SMILES string of the molecule is CC12CCC(COC1)C2(C)CBr. The quantitative estimate of drug-likeness (QED) is 0.633. The molecule has 2 aliphatic rings. The second-order valence-corrected chi connectivity index (χ2v) is 5.42. The van der Waals surface area contributed by atoms with Crippen LogP contribution in [0.1, 0.15) is 26.7 Å². The molecule has 2 rings (SSSR count). The first kappa shape index (κ1) is 9.01. The summed E-state index contributed by atoms with van der Waals surface area (Å²) in [6, 6.07) is 0. The molecule has 0 N–H and O–H groups in total. The van der Waals surface area contributed by atoms with Gasteiger partial charge in [0.2, 0.25) is 0 Å². The van der Waals surface area contributed by atoms with Gasteiger partial charge in [-0.25, -0.2) is 0 Å². The van der Waals surface area contributed by atoms with E-state index in [0.29, 0.717) is 10.8 Å². The maximum Gasteiger partial charge on any atom is 0.0525 e. The van der Waals surface area contributed by atoms with Crippen molar-refractivity contribution in [3.63, 3.8) is 0 Å². The smallest absolute Gasteiger partial charge is 0.0525 e. The zero-order valence-corrected chi connectivity index (χ0v) is 9.49. The van der Waals surface area contributed by atoms with Gasteiger partial charge < -0.3 is 4.74 Å². The van der Waals surface area contributed by atoms with E-state index in [-0.39, 0.29) is 0 Å². The van der Waals surface area contributed by atoms with E-state index in [1.54, 1.807) is 0 Å². The Hall–Kier alpha value is 0.440. The molecule has 1 heterocycles. The molecule has 0 aromatic heterocycles. The Balaban J connectivity index is 2.32. The van der Waals surface area contributed by atoms with Crippen LogP contribution >= 0.6 is 15.9 Å². The summed E-state index contributed by atoms with van der Waals surface area (Å²) in [5, 5.41) is 1.13. The summed E-state index contributed by atoms with van der Waals surface area (Å²) < 4.78 is 5.64. The molecule has 2 heteroatoms. The Bertz CT molecular complexity index is 190. The van der Waals surface area contributed by atoms with E-state index in [1.807, 2.05) is 0 Å². The van der Waals surface area contributed by atoms with Gasteiger partial charge in [0.1, 0.15) is 0 Å². The maximum atomic E-state index is 5.64. The van der Waals surface area contributed by atoms with E-state index < -0.39 is 0 Å². The van der Waals surface area contributed by atoms with Crippen molar-refractivity contribution in [1.82, 2.24) is 0 Å². The minimum atomic E-state index is 0.430. The lowest BCUT2D eigenvalue weighted by Crippen LogP contribution is -2.47. The molecule has 0 spiro atoms. The number of fused-ring (bicyclic) bond motifs is 2. The molecule has 0 aromatic carbocycles. The van der Waals surface area contributed by atoms with Gasteiger partial charge in [0.05, 0.1) is 6.61 Å². The summed E-state index contributed by atoms with van der Waals surface area (Å²) >= 11 is 3.67. The zero-order chi connectivity index (χ0) is 8.82. The van der Waals surface area contributed by atoms with E-state index in [2.05, 4.69) is 29.8 Å². The van der Waals surface area contributed by atoms with Crippen molar-refractivity contribution < 1.29 is 4.74 Å². The monoisotopic (exact) mass is 232 g/mol. The molecule has 0 radical (unpaired) electrons. The van der Waals surface area contributed by atoms with Gasteiger partial charge in [-0.1, -0.05) is 29.8 Å². The average molecular weight is 233 g/mol. The Kier molecular flexibility index (Phi) is 2.04. The van der Waals surface area contributed by atoms with Crippen LogP contribution in [0.25, 0.3) is 0 Å². The van der Waals surface area contributed by atoms with Crippen LogP contribution in [0.5, 0.6) is 0 Å². The van der Waals surface area contributed by atoms with Crippen molar-refractivity contribution in [2.45, 2.75) is 26.7 Å². The first-order valence-electron chi connectivity index (χ1n) is 4.76. The van der Waals surface area contributed by atoms with Crippen LogP contribution < -0.4 is 0 Å². The second-order valence-electron chi connectivity index (χ2n) is 4.86. The number of hydrogen-bond donors (Lipinski definition) is 0. The van der Waals surface area contributed by atoms with E-state index in [4.69, 9.17) is 4.74 Å². The van der Waals surface area contributed by atoms with Crippen molar-refractivity contribution in [2.75, 3.05) is 18.5 Å². The maximum absolute atomic E-state index is 5.64. The van der Waals surface area contributed by atoms with E-state index in [9.17, 15) is 0 Å². The average Bonchev–Trinajstić information content (AvgIpc) is 2.27. The third-order valence-electron chi connectivity index (χ3n) is 4.34. The Labute approximate surface area is 83.0 Å². The highest BCUT2D eigenvalue weighted by Crippen LogP contribution is 2.59. The van der Waals surface area contributed by atoms with Gasteiger partial charge in [0, 0.05) is 11.9 Å². The van der Waals surface area contributed by atoms with Crippen LogP contribution in [-0.2, 0) is 4.74 Å². The van der Waals surface area contributed by atoms with Gasteiger partial charge in [-0.15, -0.1) is 0 Å². The summed E-state index contributed by atoms with van der Waals surface area (Å²) in [5.41, 5.74) is 0.907. The molecule has 1 nitrogen and oxygen atoms in total. The van der Waals surface area contributed by atoms with Gasteiger partial charge in [-0.3, -0.25) is 0 Å². The number of hydrogen-bond acceptors (Lipinski definition) is 1. The molecule has 3 unspecified atom stereocenters. The predicted octanol–water partition coefficient (Wildman–Crippen LogP) is 2.83. The van der Waals surface area contributed by atoms with Crippen molar-refractivity contribution in [3.8, 4) is 0 Å². The molecule has 70 valence electrons. The molecule has 2 fully saturated rings. The highest BCUT2D eigenvalue weighted by Gasteiger charge is 2.56.